The maximum atomic E-state index is 12.2. The first kappa shape index (κ1) is 14.3. The van der Waals surface area contributed by atoms with Crippen LogP contribution in [0, 0.1) is 0 Å². The van der Waals surface area contributed by atoms with Crippen molar-refractivity contribution in [2.45, 2.75) is 31.7 Å². The summed E-state index contributed by atoms with van der Waals surface area (Å²) in [6, 6.07) is 6.81. The van der Waals surface area contributed by atoms with Crippen LogP contribution in [0.15, 0.2) is 36.8 Å². The van der Waals surface area contributed by atoms with Crippen molar-refractivity contribution < 1.29 is 9.90 Å². The molecule has 0 atom stereocenters. The summed E-state index contributed by atoms with van der Waals surface area (Å²) >= 11 is 0. The first-order valence-electron chi connectivity index (χ1n) is 7.39. The number of aromatic nitrogens is 2. The third-order valence-electron chi connectivity index (χ3n) is 3.78. The van der Waals surface area contributed by atoms with Crippen LogP contribution in [0.4, 0.5) is 11.4 Å². The van der Waals surface area contributed by atoms with Crippen LogP contribution in [0.1, 0.15) is 36.2 Å². The van der Waals surface area contributed by atoms with Gasteiger partial charge in [-0.25, -0.2) is 9.97 Å². The molecule has 1 aromatic heterocycles. The number of benzene rings is 1. The minimum Gasteiger partial charge on any atom is -0.508 e. The van der Waals surface area contributed by atoms with Gasteiger partial charge in [0.15, 0.2) is 0 Å². The molecule has 1 aliphatic carbocycles. The van der Waals surface area contributed by atoms with Gasteiger partial charge in [0.05, 0.1) is 11.4 Å². The van der Waals surface area contributed by atoms with Crippen LogP contribution < -0.4 is 10.6 Å². The third kappa shape index (κ3) is 3.33. The minimum atomic E-state index is -0.303. The van der Waals surface area contributed by atoms with E-state index in [9.17, 15) is 9.90 Å². The zero-order valence-corrected chi connectivity index (χ0v) is 12.1. The maximum absolute atomic E-state index is 12.2. The number of phenolic OH excluding ortho intramolecular Hbond substituents is 1. The molecule has 0 unspecified atom stereocenters. The highest BCUT2D eigenvalue weighted by molar-refractivity contribution is 6.04. The van der Waals surface area contributed by atoms with E-state index >= 15 is 0 Å². The van der Waals surface area contributed by atoms with Crippen LogP contribution in [0.2, 0.25) is 0 Å². The Hall–Kier alpha value is -2.63. The van der Waals surface area contributed by atoms with E-state index in [4.69, 9.17) is 0 Å². The Labute approximate surface area is 128 Å². The molecule has 114 valence electrons. The van der Waals surface area contributed by atoms with Gasteiger partial charge in [-0.15, -0.1) is 0 Å². The Kier molecular flexibility index (Phi) is 4.18. The van der Waals surface area contributed by atoms with Gasteiger partial charge in [-0.2, -0.15) is 0 Å². The monoisotopic (exact) mass is 298 g/mol. The molecular weight excluding hydrogens is 280 g/mol. The Balaban J connectivity index is 1.79. The van der Waals surface area contributed by atoms with E-state index in [1.165, 1.54) is 25.4 Å². The average molecular weight is 298 g/mol. The number of anilines is 2. The lowest BCUT2D eigenvalue weighted by Crippen LogP contribution is -2.18. The number of nitrogens with zero attached hydrogens (tertiary/aromatic N) is 2. The molecule has 1 heterocycles. The zero-order valence-electron chi connectivity index (χ0n) is 12.1. The van der Waals surface area contributed by atoms with Gasteiger partial charge >= 0.3 is 0 Å². The summed E-state index contributed by atoms with van der Waals surface area (Å²) in [5.74, 6) is -0.136. The second kappa shape index (κ2) is 6.43. The first-order valence-corrected chi connectivity index (χ1v) is 7.39. The Bertz CT molecular complexity index is 654. The van der Waals surface area contributed by atoms with Crippen molar-refractivity contribution in [2.75, 3.05) is 10.6 Å². The number of carbonyl (C=O) groups is 1. The van der Waals surface area contributed by atoms with E-state index in [0.29, 0.717) is 17.4 Å². The quantitative estimate of drug-likeness (QED) is 0.755. The standard InChI is InChI=1S/C16H18N4O2/c21-12-5-6-13(15(9-12)19-11-3-1-2-4-11)20-16(22)14-7-8-17-10-18-14/h5-11,19,21H,1-4H2,(H,20,22). The molecule has 3 rings (SSSR count). The van der Waals surface area contributed by atoms with E-state index in [2.05, 4.69) is 20.6 Å². The lowest BCUT2D eigenvalue weighted by atomic mass is 10.2. The summed E-state index contributed by atoms with van der Waals surface area (Å²) in [6.07, 6.45) is 7.49. The number of hydrogen-bond acceptors (Lipinski definition) is 5. The van der Waals surface area contributed by atoms with Gasteiger partial charge in [0.25, 0.3) is 5.91 Å². The smallest absolute Gasteiger partial charge is 0.274 e. The molecule has 1 aliphatic rings. The Morgan fingerprint density at radius 1 is 1.18 bits per heavy atom. The number of amides is 1. The molecule has 1 saturated carbocycles. The SMILES string of the molecule is O=C(Nc1ccc(O)cc1NC1CCCC1)c1ccncn1. The van der Waals surface area contributed by atoms with Crippen LogP contribution in [-0.4, -0.2) is 27.0 Å². The summed E-state index contributed by atoms with van der Waals surface area (Å²) in [6.45, 7) is 0. The van der Waals surface area contributed by atoms with Crippen molar-refractivity contribution >= 4 is 17.3 Å². The lowest BCUT2D eigenvalue weighted by Gasteiger charge is -2.17. The number of aromatic hydroxyl groups is 1. The topological polar surface area (TPSA) is 87.1 Å². The number of rotatable bonds is 4. The Morgan fingerprint density at radius 2 is 2.00 bits per heavy atom. The highest BCUT2D eigenvalue weighted by Gasteiger charge is 2.17. The van der Waals surface area contributed by atoms with E-state index in [1.807, 2.05) is 0 Å². The summed E-state index contributed by atoms with van der Waals surface area (Å²) in [4.78, 5) is 19.9. The van der Waals surface area contributed by atoms with Crippen molar-refractivity contribution in [1.29, 1.82) is 0 Å². The second-order valence-electron chi connectivity index (χ2n) is 5.40. The summed E-state index contributed by atoms with van der Waals surface area (Å²) in [5, 5.41) is 15.9. The van der Waals surface area contributed by atoms with Crippen molar-refractivity contribution in [1.82, 2.24) is 9.97 Å². The lowest BCUT2D eigenvalue weighted by molar-refractivity contribution is 0.102. The molecule has 0 radical (unpaired) electrons. The normalized spacial score (nSPS) is 14.7. The van der Waals surface area contributed by atoms with Crippen molar-refractivity contribution in [3.8, 4) is 5.75 Å². The third-order valence-corrected chi connectivity index (χ3v) is 3.78. The largest absolute Gasteiger partial charge is 0.508 e. The predicted molar refractivity (Wildman–Crippen MR) is 84.0 cm³/mol. The zero-order chi connectivity index (χ0) is 15.4. The van der Waals surface area contributed by atoms with E-state index in [0.717, 1.165) is 18.5 Å². The molecule has 3 N–H and O–H groups in total. The van der Waals surface area contributed by atoms with Gasteiger partial charge in [0, 0.05) is 18.3 Å². The molecule has 1 aromatic carbocycles. The van der Waals surface area contributed by atoms with Crippen LogP contribution >= 0.6 is 0 Å². The van der Waals surface area contributed by atoms with Crippen molar-refractivity contribution in [3.63, 3.8) is 0 Å². The van der Waals surface area contributed by atoms with Gasteiger partial charge in [0.2, 0.25) is 0 Å². The molecule has 6 heteroatoms. The van der Waals surface area contributed by atoms with Crippen LogP contribution in [0.5, 0.6) is 5.75 Å². The fraction of sp³-hybridized carbons (Fsp3) is 0.312. The molecular formula is C16H18N4O2. The molecule has 0 spiro atoms. The van der Waals surface area contributed by atoms with Gasteiger partial charge in [-0.3, -0.25) is 4.79 Å². The molecule has 1 amide bonds. The van der Waals surface area contributed by atoms with E-state index in [1.54, 1.807) is 24.3 Å². The molecule has 6 nitrogen and oxygen atoms in total. The highest BCUT2D eigenvalue weighted by atomic mass is 16.3. The van der Waals surface area contributed by atoms with Gasteiger partial charge in [0.1, 0.15) is 17.8 Å². The Morgan fingerprint density at radius 3 is 2.73 bits per heavy atom. The number of nitrogens with one attached hydrogen (secondary N) is 2. The molecule has 0 aliphatic heterocycles. The molecule has 22 heavy (non-hydrogen) atoms. The number of hydrogen-bond donors (Lipinski definition) is 3. The summed E-state index contributed by atoms with van der Waals surface area (Å²) in [5.41, 5.74) is 1.66. The highest BCUT2D eigenvalue weighted by Crippen LogP contribution is 2.30. The van der Waals surface area contributed by atoms with E-state index < -0.39 is 0 Å². The van der Waals surface area contributed by atoms with Crippen molar-refractivity contribution in [2.24, 2.45) is 0 Å². The van der Waals surface area contributed by atoms with Gasteiger partial charge < -0.3 is 15.7 Å². The molecule has 1 fully saturated rings. The fourth-order valence-electron chi connectivity index (χ4n) is 2.66. The van der Waals surface area contributed by atoms with Gasteiger partial charge in [-0.05, 0) is 31.0 Å². The molecule has 2 aromatic rings. The first-order chi connectivity index (χ1) is 10.7. The summed E-state index contributed by atoms with van der Waals surface area (Å²) < 4.78 is 0. The average Bonchev–Trinajstić information content (AvgIpc) is 3.04. The van der Waals surface area contributed by atoms with Crippen LogP contribution in [0.25, 0.3) is 0 Å². The van der Waals surface area contributed by atoms with Crippen molar-refractivity contribution in [3.05, 3.63) is 42.5 Å². The fourth-order valence-corrected chi connectivity index (χ4v) is 2.66. The minimum absolute atomic E-state index is 0.167. The van der Waals surface area contributed by atoms with Crippen LogP contribution in [0.3, 0.4) is 0 Å². The number of phenols is 1. The maximum Gasteiger partial charge on any atom is 0.274 e. The van der Waals surface area contributed by atoms with Crippen LogP contribution in [-0.2, 0) is 0 Å². The molecule has 0 saturated heterocycles. The predicted octanol–water partition coefficient (Wildman–Crippen LogP) is 2.79. The van der Waals surface area contributed by atoms with Gasteiger partial charge in [-0.1, -0.05) is 12.8 Å². The second-order valence-corrected chi connectivity index (χ2v) is 5.40. The molecule has 0 bridgehead atoms. The number of carbonyl (C=O) groups excluding carboxylic acids is 1. The van der Waals surface area contributed by atoms with E-state index in [-0.39, 0.29) is 11.7 Å². The summed E-state index contributed by atoms with van der Waals surface area (Å²) in [7, 11) is 0.